The number of benzene rings is 2. The highest BCUT2D eigenvalue weighted by molar-refractivity contribution is 5.91. The van der Waals surface area contributed by atoms with Crippen molar-refractivity contribution in [2.75, 3.05) is 27.3 Å². The Kier molecular flexibility index (Phi) is 6.44. The van der Waals surface area contributed by atoms with Gasteiger partial charge in [-0.05, 0) is 64.2 Å². The number of aliphatic hydroxyl groups is 1. The summed E-state index contributed by atoms with van der Waals surface area (Å²) in [5, 5.41) is 18.0. The summed E-state index contributed by atoms with van der Waals surface area (Å²) in [4.78, 5) is 11.3. The van der Waals surface area contributed by atoms with Crippen molar-refractivity contribution in [1.29, 1.82) is 0 Å². The lowest BCUT2D eigenvalue weighted by atomic mass is 9.98. The highest BCUT2D eigenvalue weighted by atomic mass is 16.5. The van der Waals surface area contributed by atoms with Gasteiger partial charge in [0, 0.05) is 11.4 Å². The predicted octanol–water partition coefficient (Wildman–Crippen LogP) is 4.02. The van der Waals surface area contributed by atoms with Crippen LogP contribution in [0, 0.1) is 0 Å². The molecule has 9 heteroatoms. The van der Waals surface area contributed by atoms with Gasteiger partial charge >= 0.3 is 6.01 Å². The molecule has 1 fully saturated rings. The maximum Gasteiger partial charge on any atom is 0.337 e. The molecule has 4 aromatic rings. The number of methoxy groups -OCH3 is 1. The number of imidazole rings is 1. The number of likely N-dealkylation sites (N-methyl/N-ethyl adjacent to an activating group) is 1. The Bertz CT molecular complexity index is 1380. The standard InChI is InChI=1S/C27H33N5O4/c1-27(2,3)36-25-24-28-15-21(32(24)30-26(29-25)35-16-17-9-8-14-31(17)4)23(33)20-12-13-22(34-5)19-11-7-6-10-18(19)20/h6-7,10-13,15,17,23,33H,8-9,14,16H2,1-5H3. The van der Waals surface area contributed by atoms with E-state index in [2.05, 4.69) is 27.0 Å². The monoisotopic (exact) mass is 491 g/mol. The summed E-state index contributed by atoms with van der Waals surface area (Å²) in [5.41, 5.74) is 1.13. The van der Waals surface area contributed by atoms with E-state index in [0.29, 0.717) is 29.9 Å². The number of fused-ring (bicyclic) bond motifs is 2. The van der Waals surface area contributed by atoms with E-state index in [-0.39, 0.29) is 6.01 Å². The van der Waals surface area contributed by atoms with Crippen LogP contribution in [0.1, 0.15) is 51.0 Å². The first-order chi connectivity index (χ1) is 17.2. The van der Waals surface area contributed by atoms with Gasteiger partial charge in [-0.3, -0.25) is 0 Å². The molecule has 5 rings (SSSR count). The van der Waals surface area contributed by atoms with E-state index in [1.807, 2.05) is 57.2 Å². The smallest absolute Gasteiger partial charge is 0.337 e. The number of rotatable bonds is 7. The van der Waals surface area contributed by atoms with E-state index in [0.717, 1.165) is 41.5 Å². The van der Waals surface area contributed by atoms with E-state index in [4.69, 9.17) is 14.2 Å². The predicted molar refractivity (Wildman–Crippen MR) is 137 cm³/mol. The molecule has 0 bridgehead atoms. The summed E-state index contributed by atoms with van der Waals surface area (Å²) in [5.74, 6) is 1.06. The van der Waals surface area contributed by atoms with Crippen molar-refractivity contribution < 1.29 is 19.3 Å². The number of nitrogens with zero attached hydrogens (tertiary/aromatic N) is 5. The molecule has 3 heterocycles. The number of aliphatic hydroxyl groups excluding tert-OH is 1. The van der Waals surface area contributed by atoms with E-state index < -0.39 is 11.7 Å². The van der Waals surface area contributed by atoms with Crippen molar-refractivity contribution in [2.45, 2.75) is 51.4 Å². The Hall–Kier alpha value is -3.43. The first-order valence-corrected chi connectivity index (χ1v) is 12.3. The lowest BCUT2D eigenvalue weighted by Crippen LogP contribution is -2.31. The highest BCUT2D eigenvalue weighted by Crippen LogP contribution is 2.35. The van der Waals surface area contributed by atoms with E-state index >= 15 is 0 Å². The summed E-state index contributed by atoms with van der Waals surface area (Å²) >= 11 is 0. The fourth-order valence-corrected chi connectivity index (χ4v) is 4.69. The molecule has 9 nitrogen and oxygen atoms in total. The normalized spacial score (nSPS) is 17.6. The van der Waals surface area contributed by atoms with Crippen LogP contribution in [-0.4, -0.2) is 68.5 Å². The number of likely N-dealkylation sites (tertiary alicyclic amines) is 1. The van der Waals surface area contributed by atoms with Gasteiger partial charge in [0.05, 0.1) is 19.0 Å². The Morgan fingerprint density at radius 3 is 2.61 bits per heavy atom. The summed E-state index contributed by atoms with van der Waals surface area (Å²) in [6, 6.07) is 12.1. The van der Waals surface area contributed by atoms with Gasteiger partial charge in [0.15, 0.2) is 0 Å². The molecule has 0 amide bonds. The third-order valence-electron chi connectivity index (χ3n) is 6.53. The van der Waals surface area contributed by atoms with E-state index in [9.17, 15) is 5.11 Å². The molecule has 0 radical (unpaired) electrons. The SMILES string of the molecule is COc1ccc(C(O)c2cnc3c(OC(C)(C)C)nc(OCC4CCCN4C)nn23)c2ccccc12. The number of aromatic nitrogens is 4. The van der Waals surface area contributed by atoms with Crippen molar-refractivity contribution >= 4 is 16.4 Å². The number of ether oxygens (including phenoxy) is 3. The molecule has 2 unspecified atom stereocenters. The van der Waals surface area contributed by atoms with Crippen molar-refractivity contribution in [1.82, 2.24) is 24.5 Å². The van der Waals surface area contributed by atoms with Crippen LogP contribution >= 0.6 is 0 Å². The molecule has 1 saturated heterocycles. The van der Waals surface area contributed by atoms with Crippen molar-refractivity contribution in [3.8, 4) is 17.6 Å². The van der Waals surface area contributed by atoms with Gasteiger partial charge in [-0.15, -0.1) is 5.10 Å². The van der Waals surface area contributed by atoms with Crippen LogP contribution in [0.2, 0.25) is 0 Å². The van der Waals surface area contributed by atoms with Gasteiger partial charge in [0.25, 0.3) is 5.88 Å². The summed E-state index contributed by atoms with van der Waals surface area (Å²) in [6.45, 7) is 7.37. The molecule has 2 atom stereocenters. The molecular formula is C27H33N5O4. The Morgan fingerprint density at radius 2 is 1.92 bits per heavy atom. The van der Waals surface area contributed by atoms with Crippen LogP contribution in [0.3, 0.4) is 0 Å². The zero-order valence-electron chi connectivity index (χ0n) is 21.4. The zero-order chi connectivity index (χ0) is 25.4. The van der Waals surface area contributed by atoms with E-state index in [1.165, 1.54) is 0 Å². The first kappa shape index (κ1) is 24.3. The quantitative estimate of drug-likeness (QED) is 0.414. The minimum absolute atomic E-state index is 0.188. The molecule has 2 aromatic carbocycles. The Balaban J connectivity index is 1.57. The fraction of sp³-hybridized carbons (Fsp3) is 0.444. The fourth-order valence-electron chi connectivity index (χ4n) is 4.69. The lowest BCUT2D eigenvalue weighted by Gasteiger charge is -2.22. The molecule has 0 saturated carbocycles. The van der Waals surface area contributed by atoms with Gasteiger partial charge in [0.1, 0.15) is 24.1 Å². The molecule has 190 valence electrons. The maximum absolute atomic E-state index is 11.5. The third kappa shape index (κ3) is 4.68. The Labute approximate surface area is 210 Å². The number of hydrogen-bond donors (Lipinski definition) is 1. The molecular weight excluding hydrogens is 458 g/mol. The van der Waals surface area contributed by atoms with Crippen molar-refractivity contribution in [3.05, 3.63) is 53.9 Å². The van der Waals surface area contributed by atoms with Crippen molar-refractivity contribution in [3.63, 3.8) is 0 Å². The average Bonchev–Trinajstić information content (AvgIpc) is 3.46. The maximum atomic E-state index is 11.5. The summed E-state index contributed by atoms with van der Waals surface area (Å²) < 4.78 is 19.3. The molecule has 1 aliphatic heterocycles. The van der Waals surface area contributed by atoms with Crippen LogP contribution in [0.4, 0.5) is 0 Å². The summed E-state index contributed by atoms with van der Waals surface area (Å²) in [6.07, 6.45) is 2.83. The molecule has 36 heavy (non-hydrogen) atoms. The topological polar surface area (TPSA) is 94.2 Å². The first-order valence-electron chi connectivity index (χ1n) is 12.3. The second-order valence-corrected chi connectivity index (χ2v) is 10.2. The molecule has 0 spiro atoms. The van der Waals surface area contributed by atoms with Crippen molar-refractivity contribution in [2.24, 2.45) is 0 Å². The third-order valence-corrected chi connectivity index (χ3v) is 6.53. The van der Waals surface area contributed by atoms with Gasteiger partial charge in [-0.2, -0.15) is 4.98 Å². The van der Waals surface area contributed by atoms with Gasteiger partial charge < -0.3 is 24.2 Å². The number of hydrogen-bond acceptors (Lipinski definition) is 8. The van der Waals surface area contributed by atoms with Crippen LogP contribution in [-0.2, 0) is 0 Å². The van der Waals surface area contributed by atoms with Crippen LogP contribution in [0.5, 0.6) is 17.6 Å². The lowest BCUT2D eigenvalue weighted by molar-refractivity contribution is 0.121. The largest absolute Gasteiger partial charge is 0.496 e. The van der Waals surface area contributed by atoms with Gasteiger partial charge in [-0.1, -0.05) is 30.3 Å². The molecule has 1 N–H and O–H groups in total. The molecule has 1 aliphatic rings. The summed E-state index contributed by atoms with van der Waals surface area (Å²) in [7, 11) is 3.74. The second-order valence-electron chi connectivity index (χ2n) is 10.2. The van der Waals surface area contributed by atoms with Crippen LogP contribution in [0.25, 0.3) is 16.4 Å². The second kappa shape index (κ2) is 9.55. The molecule has 0 aliphatic carbocycles. The van der Waals surface area contributed by atoms with Crippen LogP contribution in [0.15, 0.2) is 42.6 Å². The minimum atomic E-state index is -0.998. The molecule has 2 aromatic heterocycles. The van der Waals surface area contributed by atoms with Crippen LogP contribution < -0.4 is 14.2 Å². The highest BCUT2D eigenvalue weighted by Gasteiger charge is 2.26. The average molecular weight is 492 g/mol. The zero-order valence-corrected chi connectivity index (χ0v) is 21.4. The van der Waals surface area contributed by atoms with E-state index in [1.54, 1.807) is 17.8 Å². The van der Waals surface area contributed by atoms with Gasteiger partial charge in [0.2, 0.25) is 5.65 Å². The Morgan fingerprint density at radius 1 is 1.14 bits per heavy atom. The minimum Gasteiger partial charge on any atom is -0.496 e. The van der Waals surface area contributed by atoms with Gasteiger partial charge in [-0.25, -0.2) is 9.50 Å².